The molecule has 1 N–H and O–H groups in total. The highest BCUT2D eigenvalue weighted by Crippen LogP contribution is 2.28. The highest BCUT2D eigenvalue weighted by Gasteiger charge is 2.07. The predicted molar refractivity (Wildman–Crippen MR) is 85.4 cm³/mol. The van der Waals surface area contributed by atoms with Crippen molar-refractivity contribution in [2.45, 2.75) is 19.8 Å². The number of hydrogen-bond acceptors (Lipinski definition) is 4. The van der Waals surface area contributed by atoms with Crippen LogP contribution in [0.15, 0.2) is 42.0 Å². The number of rotatable bonds is 5. The first-order valence-electron chi connectivity index (χ1n) is 6.81. The monoisotopic (exact) mass is 283 g/mol. The van der Waals surface area contributed by atoms with Gasteiger partial charge < -0.3 is 5.32 Å². The Morgan fingerprint density at radius 2 is 2.00 bits per heavy atom. The molecule has 0 bridgehead atoms. The zero-order valence-corrected chi connectivity index (χ0v) is 12.3. The Morgan fingerprint density at radius 1 is 1.15 bits per heavy atom. The third kappa shape index (κ3) is 2.80. The summed E-state index contributed by atoms with van der Waals surface area (Å²) in [6.07, 6.45) is 3.83. The van der Waals surface area contributed by atoms with Gasteiger partial charge in [-0.15, -0.1) is 11.3 Å². The van der Waals surface area contributed by atoms with E-state index in [1.54, 1.807) is 17.7 Å². The fourth-order valence-corrected chi connectivity index (χ4v) is 3.21. The molecule has 4 heteroatoms. The molecule has 0 fully saturated rings. The number of aryl methyl sites for hydroxylation is 2. The van der Waals surface area contributed by atoms with Gasteiger partial charge in [-0.05, 0) is 36.3 Å². The normalized spacial score (nSPS) is 10.8. The molecular weight excluding hydrogens is 266 g/mol. The molecule has 20 heavy (non-hydrogen) atoms. The second-order valence-corrected chi connectivity index (χ2v) is 5.71. The molecule has 3 rings (SSSR count). The van der Waals surface area contributed by atoms with Crippen LogP contribution in [0, 0.1) is 6.92 Å². The van der Waals surface area contributed by atoms with Crippen molar-refractivity contribution in [2.24, 2.45) is 0 Å². The van der Waals surface area contributed by atoms with Crippen LogP contribution >= 0.6 is 11.3 Å². The maximum Gasteiger partial charge on any atom is 0.147 e. The van der Waals surface area contributed by atoms with Crippen LogP contribution in [0.3, 0.4) is 0 Å². The van der Waals surface area contributed by atoms with Gasteiger partial charge in [0, 0.05) is 6.54 Å². The zero-order valence-electron chi connectivity index (χ0n) is 11.5. The van der Waals surface area contributed by atoms with Gasteiger partial charge in [-0.2, -0.15) is 0 Å². The summed E-state index contributed by atoms with van der Waals surface area (Å²) in [5, 5.41) is 5.56. The second-order valence-electron chi connectivity index (χ2n) is 4.83. The third-order valence-corrected chi connectivity index (χ3v) is 4.40. The number of fused-ring (bicyclic) bond motifs is 1. The molecule has 102 valence electrons. The van der Waals surface area contributed by atoms with E-state index in [0.717, 1.165) is 35.4 Å². The summed E-state index contributed by atoms with van der Waals surface area (Å²) in [6.45, 7) is 3.02. The Balaban J connectivity index is 1.60. The van der Waals surface area contributed by atoms with Gasteiger partial charge in [0.15, 0.2) is 0 Å². The number of anilines is 1. The Labute approximate surface area is 122 Å². The molecule has 3 nitrogen and oxygen atoms in total. The number of aromatic nitrogens is 2. The summed E-state index contributed by atoms with van der Waals surface area (Å²) in [5.41, 5.74) is 3.67. The minimum Gasteiger partial charge on any atom is -0.369 e. The lowest BCUT2D eigenvalue weighted by Crippen LogP contribution is -2.05. The zero-order chi connectivity index (χ0) is 13.8. The molecule has 2 heterocycles. The van der Waals surface area contributed by atoms with Crippen LogP contribution in [0.5, 0.6) is 0 Å². The maximum atomic E-state index is 4.35. The van der Waals surface area contributed by atoms with Crippen molar-refractivity contribution in [2.75, 3.05) is 11.9 Å². The summed E-state index contributed by atoms with van der Waals surface area (Å²) in [5.74, 6) is 0.959. The van der Waals surface area contributed by atoms with Crippen LogP contribution in [0.25, 0.3) is 10.2 Å². The average Bonchev–Trinajstić information content (AvgIpc) is 2.87. The van der Waals surface area contributed by atoms with Gasteiger partial charge >= 0.3 is 0 Å². The first-order chi connectivity index (χ1) is 9.84. The van der Waals surface area contributed by atoms with Crippen LogP contribution in [-0.2, 0) is 6.42 Å². The predicted octanol–water partition coefficient (Wildman–Crippen LogP) is 4.04. The van der Waals surface area contributed by atoms with E-state index in [2.05, 4.69) is 57.9 Å². The smallest absolute Gasteiger partial charge is 0.147 e. The number of hydrogen-bond donors (Lipinski definition) is 1. The van der Waals surface area contributed by atoms with Crippen molar-refractivity contribution < 1.29 is 0 Å². The van der Waals surface area contributed by atoms with Crippen molar-refractivity contribution in [3.05, 3.63) is 53.2 Å². The first-order valence-corrected chi connectivity index (χ1v) is 7.69. The second kappa shape index (κ2) is 6.01. The SMILES string of the molecule is Cc1csc2c(NCCCc3ccccc3)ncnc12. The Kier molecular flexibility index (Phi) is 3.92. The minimum atomic E-state index is 0.929. The molecule has 0 aliphatic heterocycles. The molecule has 0 aliphatic carbocycles. The maximum absolute atomic E-state index is 4.35. The fourth-order valence-electron chi connectivity index (χ4n) is 2.24. The van der Waals surface area contributed by atoms with Gasteiger partial charge in [-0.3, -0.25) is 0 Å². The minimum absolute atomic E-state index is 0.929. The van der Waals surface area contributed by atoms with E-state index in [0.29, 0.717) is 0 Å². The van der Waals surface area contributed by atoms with Gasteiger partial charge in [0.1, 0.15) is 12.1 Å². The lowest BCUT2D eigenvalue weighted by atomic mass is 10.1. The van der Waals surface area contributed by atoms with Gasteiger partial charge in [-0.1, -0.05) is 30.3 Å². The van der Waals surface area contributed by atoms with Crippen molar-refractivity contribution in [1.82, 2.24) is 9.97 Å². The van der Waals surface area contributed by atoms with E-state index in [1.807, 2.05) is 0 Å². The van der Waals surface area contributed by atoms with Gasteiger partial charge in [0.2, 0.25) is 0 Å². The van der Waals surface area contributed by atoms with E-state index < -0.39 is 0 Å². The van der Waals surface area contributed by atoms with Crippen molar-refractivity contribution in [3.8, 4) is 0 Å². The molecule has 0 saturated carbocycles. The van der Waals surface area contributed by atoms with Crippen LogP contribution in [0.1, 0.15) is 17.5 Å². The van der Waals surface area contributed by atoms with Gasteiger partial charge in [0.05, 0.1) is 10.2 Å². The molecule has 0 spiro atoms. The molecule has 0 radical (unpaired) electrons. The Hall–Kier alpha value is -1.94. The molecule has 3 aromatic rings. The average molecular weight is 283 g/mol. The molecule has 1 aromatic carbocycles. The quantitative estimate of drug-likeness (QED) is 0.718. The van der Waals surface area contributed by atoms with Gasteiger partial charge in [0.25, 0.3) is 0 Å². The van der Waals surface area contributed by atoms with Crippen LogP contribution in [-0.4, -0.2) is 16.5 Å². The van der Waals surface area contributed by atoms with E-state index in [9.17, 15) is 0 Å². The summed E-state index contributed by atoms with van der Waals surface area (Å²) >= 11 is 1.71. The fraction of sp³-hybridized carbons (Fsp3) is 0.250. The summed E-state index contributed by atoms with van der Waals surface area (Å²) in [4.78, 5) is 8.69. The first kappa shape index (κ1) is 13.1. The van der Waals surface area contributed by atoms with Crippen LogP contribution in [0.4, 0.5) is 5.82 Å². The molecule has 0 atom stereocenters. The van der Waals surface area contributed by atoms with E-state index >= 15 is 0 Å². The summed E-state index contributed by atoms with van der Waals surface area (Å²) in [6, 6.07) is 10.6. The highest BCUT2D eigenvalue weighted by molar-refractivity contribution is 7.18. The highest BCUT2D eigenvalue weighted by atomic mass is 32.1. The van der Waals surface area contributed by atoms with Crippen LogP contribution < -0.4 is 5.32 Å². The molecule has 0 saturated heterocycles. The molecular formula is C16H17N3S. The number of thiophene rings is 1. The van der Waals surface area contributed by atoms with Crippen molar-refractivity contribution in [1.29, 1.82) is 0 Å². The van der Waals surface area contributed by atoms with E-state index in [-0.39, 0.29) is 0 Å². The lowest BCUT2D eigenvalue weighted by molar-refractivity contribution is 0.860. The topological polar surface area (TPSA) is 37.8 Å². The largest absolute Gasteiger partial charge is 0.369 e. The van der Waals surface area contributed by atoms with Crippen molar-refractivity contribution >= 4 is 27.4 Å². The van der Waals surface area contributed by atoms with Crippen LogP contribution in [0.2, 0.25) is 0 Å². The van der Waals surface area contributed by atoms with E-state index in [4.69, 9.17) is 0 Å². The molecule has 0 aliphatic rings. The van der Waals surface area contributed by atoms with E-state index in [1.165, 1.54) is 11.1 Å². The lowest BCUT2D eigenvalue weighted by Gasteiger charge is -2.06. The molecule has 2 aromatic heterocycles. The molecule has 0 unspecified atom stereocenters. The number of nitrogens with zero attached hydrogens (tertiary/aromatic N) is 2. The van der Waals surface area contributed by atoms with Crippen molar-refractivity contribution in [3.63, 3.8) is 0 Å². The number of nitrogens with one attached hydrogen (secondary N) is 1. The Morgan fingerprint density at radius 3 is 2.85 bits per heavy atom. The summed E-state index contributed by atoms with van der Waals surface area (Å²) in [7, 11) is 0. The Bertz CT molecular complexity index is 691. The summed E-state index contributed by atoms with van der Waals surface area (Å²) < 4.78 is 1.16. The standard InChI is InChI=1S/C16H17N3S/c1-12-10-20-15-14(12)18-11-19-16(15)17-9-5-8-13-6-3-2-4-7-13/h2-4,6-7,10-11H,5,8-9H2,1H3,(H,17,18,19). The number of benzene rings is 1. The molecule has 0 amide bonds. The van der Waals surface area contributed by atoms with Gasteiger partial charge in [-0.25, -0.2) is 9.97 Å². The third-order valence-electron chi connectivity index (χ3n) is 3.31.